The summed E-state index contributed by atoms with van der Waals surface area (Å²) in [7, 11) is 0. The van der Waals surface area contributed by atoms with Gasteiger partial charge in [-0.25, -0.2) is 0 Å². The lowest BCUT2D eigenvalue weighted by Crippen LogP contribution is -2.50. The van der Waals surface area contributed by atoms with Crippen molar-refractivity contribution < 1.29 is 0 Å². The van der Waals surface area contributed by atoms with E-state index in [0.29, 0.717) is 16.9 Å². The molecule has 2 aliphatic carbocycles. The van der Waals surface area contributed by atoms with Gasteiger partial charge in [-0.2, -0.15) is 0 Å². The van der Waals surface area contributed by atoms with E-state index in [2.05, 4.69) is 44.4 Å². The number of nitrogens with zero attached hydrogens (tertiary/aromatic N) is 2. The van der Waals surface area contributed by atoms with E-state index in [0.717, 1.165) is 23.9 Å². The summed E-state index contributed by atoms with van der Waals surface area (Å²) in [6, 6.07) is 2.38. The lowest BCUT2D eigenvalue weighted by molar-refractivity contribution is 0.0150. The van der Waals surface area contributed by atoms with Crippen LogP contribution in [0.2, 0.25) is 0 Å². The first-order chi connectivity index (χ1) is 9.78. The average molecular weight is 290 g/mol. The second-order valence-corrected chi connectivity index (χ2v) is 10.1. The molecule has 3 atom stereocenters. The molecular weight excluding hydrogens is 256 g/mol. The normalized spacial score (nSPS) is 46.6. The van der Waals surface area contributed by atoms with Crippen molar-refractivity contribution in [3.63, 3.8) is 0 Å². The molecule has 5 fully saturated rings. The quantitative estimate of drug-likeness (QED) is 0.783. The molecule has 2 heteroatoms. The summed E-state index contributed by atoms with van der Waals surface area (Å²) in [5.74, 6) is 2.11. The molecule has 0 spiro atoms. The van der Waals surface area contributed by atoms with Crippen molar-refractivity contribution in [1.82, 2.24) is 9.80 Å². The van der Waals surface area contributed by atoms with Crippen molar-refractivity contribution in [2.75, 3.05) is 19.6 Å². The fourth-order valence-electron chi connectivity index (χ4n) is 5.93. The highest BCUT2D eigenvalue weighted by Crippen LogP contribution is 2.63. The molecular formula is C19H34N2. The second kappa shape index (κ2) is 4.47. The molecule has 0 radical (unpaired) electrons. The third-order valence-corrected chi connectivity index (χ3v) is 6.97. The van der Waals surface area contributed by atoms with E-state index in [1.807, 2.05) is 0 Å². The Kier molecular flexibility index (Phi) is 3.09. The predicted molar refractivity (Wildman–Crippen MR) is 88.3 cm³/mol. The lowest BCUT2D eigenvalue weighted by Gasteiger charge is -2.48. The van der Waals surface area contributed by atoms with Gasteiger partial charge < -0.3 is 4.90 Å². The van der Waals surface area contributed by atoms with Crippen molar-refractivity contribution >= 4 is 0 Å². The van der Waals surface area contributed by atoms with E-state index in [1.54, 1.807) is 0 Å². The van der Waals surface area contributed by atoms with Gasteiger partial charge in [0, 0.05) is 43.2 Å². The van der Waals surface area contributed by atoms with Crippen molar-refractivity contribution in [3.05, 3.63) is 0 Å². The van der Waals surface area contributed by atoms with Gasteiger partial charge in [0.05, 0.1) is 0 Å². The van der Waals surface area contributed by atoms with E-state index in [4.69, 9.17) is 0 Å². The number of rotatable bonds is 3. The van der Waals surface area contributed by atoms with Gasteiger partial charge in [-0.05, 0) is 56.8 Å². The molecule has 2 bridgehead atoms. The zero-order chi connectivity index (χ0) is 15.0. The van der Waals surface area contributed by atoms with Gasteiger partial charge in [0.25, 0.3) is 0 Å². The second-order valence-electron chi connectivity index (χ2n) is 10.1. The summed E-state index contributed by atoms with van der Waals surface area (Å²) < 4.78 is 0. The summed E-state index contributed by atoms with van der Waals surface area (Å²) in [5, 5.41) is 0. The van der Waals surface area contributed by atoms with Crippen LogP contribution in [0.3, 0.4) is 0 Å². The van der Waals surface area contributed by atoms with Gasteiger partial charge in [-0.15, -0.1) is 0 Å². The molecule has 5 rings (SSSR count). The Hall–Kier alpha value is -0.0800. The summed E-state index contributed by atoms with van der Waals surface area (Å²) in [4.78, 5) is 5.72. The number of likely N-dealkylation sites (tertiary alicyclic amines) is 1. The summed E-state index contributed by atoms with van der Waals surface area (Å²) >= 11 is 0. The molecule has 2 saturated carbocycles. The van der Waals surface area contributed by atoms with Gasteiger partial charge in [-0.1, -0.05) is 20.8 Å². The maximum atomic E-state index is 2.88. The Bertz CT molecular complexity index is 408. The van der Waals surface area contributed by atoms with Gasteiger partial charge in [0.2, 0.25) is 0 Å². The van der Waals surface area contributed by atoms with Gasteiger partial charge in [0.15, 0.2) is 0 Å². The van der Waals surface area contributed by atoms with Gasteiger partial charge in [-0.3, -0.25) is 4.90 Å². The number of hydrogen-bond acceptors (Lipinski definition) is 2. The van der Waals surface area contributed by atoms with Crippen LogP contribution < -0.4 is 0 Å². The van der Waals surface area contributed by atoms with Crippen molar-refractivity contribution in [2.24, 2.45) is 22.7 Å². The minimum Gasteiger partial charge on any atom is -0.302 e. The number of piperidine rings is 3. The maximum Gasteiger partial charge on any atom is 0.0177 e. The van der Waals surface area contributed by atoms with Crippen LogP contribution in [0.15, 0.2) is 0 Å². The number of hydrogen-bond donors (Lipinski definition) is 0. The Morgan fingerprint density at radius 2 is 1.67 bits per heavy atom. The average Bonchev–Trinajstić information content (AvgIpc) is 2.90. The zero-order valence-corrected chi connectivity index (χ0v) is 14.7. The Morgan fingerprint density at radius 3 is 2.14 bits per heavy atom. The van der Waals surface area contributed by atoms with Crippen LogP contribution in [-0.4, -0.2) is 47.6 Å². The molecule has 0 aromatic carbocycles. The first-order valence-electron chi connectivity index (χ1n) is 9.28. The van der Waals surface area contributed by atoms with E-state index in [9.17, 15) is 0 Å². The Labute approximate surface area is 131 Å². The van der Waals surface area contributed by atoms with Crippen molar-refractivity contribution in [3.8, 4) is 0 Å². The smallest absolute Gasteiger partial charge is 0.0177 e. The fraction of sp³-hybridized carbons (Fsp3) is 1.00. The fourth-order valence-corrected chi connectivity index (χ4v) is 5.93. The van der Waals surface area contributed by atoms with Crippen LogP contribution in [-0.2, 0) is 0 Å². The largest absolute Gasteiger partial charge is 0.302 e. The zero-order valence-electron chi connectivity index (χ0n) is 14.7. The highest BCUT2D eigenvalue weighted by molar-refractivity contribution is 5.20. The lowest BCUT2D eigenvalue weighted by atomic mass is 9.71. The van der Waals surface area contributed by atoms with Crippen LogP contribution in [0.25, 0.3) is 0 Å². The van der Waals surface area contributed by atoms with E-state index in [-0.39, 0.29) is 0 Å². The topological polar surface area (TPSA) is 6.48 Å². The molecule has 5 aliphatic rings. The van der Waals surface area contributed by atoms with Crippen LogP contribution in [0, 0.1) is 22.7 Å². The maximum absolute atomic E-state index is 2.88. The minimum absolute atomic E-state index is 0.425. The highest BCUT2D eigenvalue weighted by Gasteiger charge is 2.66. The molecule has 3 heterocycles. The Morgan fingerprint density at radius 1 is 1.05 bits per heavy atom. The van der Waals surface area contributed by atoms with Crippen molar-refractivity contribution in [1.29, 1.82) is 0 Å². The standard InChI is InChI=1S/C19H34N2/c1-13(2)21-16(18(3,4)5)8-19(9-17(19)21)12-20-10-14-6-15(7-14)11-20/h13-17H,6-12H2,1-5H3. The van der Waals surface area contributed by atoms with Crippen LogP contribution in [0.1, 0.15) is 60.3 Å². The molecule has 0 amide bonds. The molecule has 120 valence electrons. The molecule has 2 nitrogen and oxygen atoms in total. The van der Waals surface area contributed by atoms with Crippen molar-refractivity contribution in [2.45, 2.75) is 78.4 Å². The molecule has 3 saturated heterocycles. The summed E-state index contributed by atoms with van der Waals surface area (Å²) in [5.41, 5.74) is 1.08. The third-order valence-electron chi connectivity index (χ3n) is 6.97. The predicted octanol–water partition coefficient (Wildman–Crippen LogP) is 3.62. The molecule has 3 unspecified atom stereocenters. The van der Waals surface area contributed by atoms with E-state index >= 15 is 0 Å². The first-order valence-corrected chi connectivity index (χ1v) is 9.28. The molecule has 21 heavy (non-hydrogen) atoms. The van der Waals surface area contributed by atoms with Gasteiger partial charge >= 0.3 is 0 Å². The third kappa shape index (κ3) is 2.28. The monoisotopic (exact) mass is 290 g/mol. The van der Waals surface area contributed by atoms with Crippen LogP contribution >= 0.6 is 0 Å². The SMILES string of the molecule is CC(C)N1C(C(C)(C)C)CC2(CN3CC4CC(C4)C3)CC12. The van der Waals surface area contributed by atoms with E-state index in [1.165, 1.54) is 45.3 Å². The molecule has 3 aliphatic heterocycles. The molecule has 0 aromatic rings. The van der Waals surface area contributed by atoms with Crippen LogP contribution in [0.4, 0.5) is 0 Å². The summed E-state index contributed by atoms with van der Waals surface area (Å²) in [6.45, 7) is 16.4. The van der Waals surface area contributed by atoms with Gasteiger partial charge in [0.1, 0.15) is 0 Å². The number of fused-ring (bicyclic) bond motifs is 3. The molecule has 0 aromatic heterocycles. The highest BCUT2D eigenvalue weighted by atomic mass is 15.3. The molecule has 0 N–H and O–H groups in total. The van der Waals surface area contributed by atoms with E-state index < -0.39 is 0 Å². The minimum atomic E-state index is 0.425. The first kappa shape index (κ1) is 14.5. The summed E-state index contributed by atoms with van der Waals surface area (Å²) in [6.07, 6.45) is 6.00. The van der Waals surface area contributed by atoms with Crippen LogP contribution in [0.5, 0.6) is 0 Å². The Balaban J connectivity index is 1.47.